The van der Waals surface area contributed by atoms with E-state index in [1.165, 1.54) is 18.2 Å². The summed E-state index contributed by atoms with van der Waals surface area (Å²) in [5.41, 5.74) is 0.707. The topological polar surface area (TPSA) is 18.5 Å². The number of nitrogens with zero attached hydrogens (tertiary/aromatic N) is 2. The Bertz CT molecular complexity index is 746. The molecule has 1 aliphatic heterocycles. The van der Waals surface area contributed by atoms with Gasteiger partial charge in [0.15, 0.2) is 5.11 Å². The molecule has 3 rings (SSSR count). The lowest BCUT2D eigenvalue weighted by Crippen LogP contribution is -2.50. The van der Waals surface area contributed by atoms with E-state index in [4.69, 9.17) is 12.2 Å². The highest BCUT2D eigenvalue weighted by Gasteiger charge is 2.21. The third kappa shape index (κ3) is 3.62. The molecule has 1 aliphatic rings. The number of halogens is 3. The average molecular weight is 351 g/mol. The summed E-state index contributed by atoms with van der Waals surface area (Å²) < 4.78 is 40.4. The Kier molecular flexibility index (Phi) is 4.89. The smallest absolute Gasteiger partial charge is 0.173 e. The predicted octanol–water partition coefficient (Wildman–Crippen LogP) is 3.62. The van der Waals surface area contributed by atoms with Crippen molar-refractivity contribution in [3.63, 3.8) is 0 Å². The summed E-state index contributed by atoms with van der Waals surface area (Å²) in [5.74, 6) is -1.58. The van der Waals surface area contributed by atoms with Crippen LogP contribution in [0.4, 0.5) is 24.5 Å². The molecule has 0 aromatic heterocycles. The molecule has 3 nitrogen and oxygen atoms in total. The molecule has 0 atom stereocenters. The van der Waals surface area contributed by atoms with Gasteiger partial charge in [0, 0.05) is 32.2 Å². The van der Waals surface area contributed by atoms with Crippen molar-refractivity contribution in [2.75, 3.05) is 36.4 Å². The summed E-state index contributed by atoms with van der Waals surface area (Å²) in [4.78, 5) is 3.84. The van der Waals surface area contributed by atoms with Crippen molar-refractivity contribution < 1.29 is 13.2 Å². The van der Waals surface area contributed by atoms with Gasteiger partial charge in [-0.2, -0.15) is 0 Å². The maximum atomic E-state index is 13.8. The van der Waals surface area contributed by atoms with Crippen LogP contribution in [0.15, 0.2) is 42.5 Å². The van der Waals surface area contributed by atoms with E-state index in [-0.39, 0.29) is 11.5 Å². The van der Waals surface area contributed by atoms with Crippen molar-refractivity contribution in [2.24, 2.45) is 0 Å². The quantitative estimate of drug-likeness (QED) is 0.833. The van der Waals surface area contributed by atoms with Crippen molar-refractivity contribution in [3.8, 4) is 0 Å². The minimum Gasteiger partial charge on any atom is -0.366 e. The van der Waals surface area contributed by atoms with Crippen LogP contribution in [0.3, 0.4) is 0 Å². The van der Waals surface area contributed by atoms with Crippen LogP contribution in [-0.2, 0) is 0 Å². The molecule has 0 saturated carbocycles. The predicted molar refractivity (Wildman–Crippen MR) is 92.8 cm³/mol. The van der Waals surface area contributed by atoms with Crippen molar-refractivity contribution in [1.82, 2.24) is 4.90 Å². The van der Waals surface area contributed by atoms with Crippen molar-refractivity contribution in [1.29, 1.82) is 0 Å². The van der Waals surface area contributed by atoms with E-state index in [9.17, 15) is 13.2 Å². The molecular weight excluding hydrogens is 335 g/mol. The number of piperazine rings is 1. The van der Waals surface area contributed by atoms with Gasteiger partial charge in [0.2, 0.25) is 0 Å². The number of rotatable bonds is 2. The molecule has 0 bridgehead atoms. The number of benzene rings is 2. The average Bonchev–Trinajstić information content (AvgIpc) is 2.58. The number of para-hydroxylation sites is 1. The van der Waals surface area contributed by atoms with Gasteiger partial charge in [-0.25, -0.2) is 13.2 Å². The van der Waals surface area contributed by atoms with Gasteiger partial charge in [-0.3, -0.25) is 0 Å². The second kappa shape index (κ2) is 7.09. The van der Waals surface area contributed by atoms with Crippen molar-refractivity contribution in [2.45, 2.75) is 0 Å². The first-order valence-corrected chi connectivity index (χ1v) is 7.96. The van der Waals surface area contributed by atoms with E-state index >= 15 is 0 Å². The number of hydrogen-bond acceptors (Lipinski definition) is 2. The summed E-state index contributed by atoms with van der Waals surface area (Å²) in [7, 11) is 0. The molecule has 1 N–H and O–H groups in total. The van der Waals surface area contributed by atoms with E-state index in [1.54, 1.807) is 18.2 Å². The summed E-state index contributed by atoms with van der Waals surface area (Å²) in [5, 5.41) is 3.17. The van der Waals surface area contributed by atoms with Gasteiger partial charge in [0.05, 0.1) is 11.4 Å². The largest absolute Gasteiger partial charge is 0.366 e. The van der Waals surface area contributed by atoms with Crippen LogP contribution >= 0.6 is 12.2 Å². The van der Waals surface area contributed by atoms with Gasteiger partial charge in [-0.05, 0) is 36.5 Å². The fraction of sp³-hybridized carbons (Fsp3) is 0.235. The Morgan fingerprint density at radius 1 is 0.917 bits per heavy atom. The fourth-order valence-electron chi connectivity index (χ4n) is 2.64. The molecule has 1 heterocycles. The SMILES string of the molecule is Fc1ccc(NC(=S)N2CCN(c3ccccc3F)CC2)c(F)c1. The van der Waals surface area contributed by atoms with Crippen LogP contribution in [0.5, 0.6) is 0 Å². The molecule has 1 fully saturated rings. The third-order valence-corrected chi connectivity index (χ3v) is 4.29. The van der Waals surface area contributed by atoms with Crippen LogP contribution in [0, 0.1) is 17.5 Å². The van der Waals surface area contributed by atoms with Gasteiger partial charge < -0.3 is 15.1 Å². The maximum absolute atomic E-state index is 13.8. The van der Waals surface area contributed by atoms with E-state index in [0.29, 0.717) is 37.0 Å². The van der Waals surface area contributed by atoms with Gasteiger partial charge in [-0.1, -0.05) is 12.1 Å². The van der Waals surface area contributed by atoms with Gasteiger partial charge in [0.25, 0.3) is 0 Å². The number of hydrogen-bond donors (Lipinski definition) is 1. The van der Waals surface area contributed by atoms with E-state index in [1.807, 2.05) is 9.80 Å². The van der Waals surface area contributed by atoms with Crippen LogP contribution < -0.4 is 10.2 Å². The molecule has 1 saturated heterocycles. The number of thiocarbonyl (C=S) groups is 1. The molecule has 0 amide bonds. The summed E-state index contributed by atoms with van der Waals surface area (Å²) in [6.07, 6.45) is 0. The molecule has 7 heteroatoms. The Hall–Kier alpha value is -2.28. The summed E-state index contributed by atoms with van der Waals surface area (Å²) in [6, 6.07) is 9.93. The standard InChI is InChI=1S/C17H16F3N3S/c18-12-5-6-15(14(20)11-12)21-17(24)23-9-7-22(8-10-23)16-4-2-1-3-13(16)19/h1-6,11H,7-10H2,(H,21,24). The molecule has 2 aromatic carbocycles. The summed E-state index contributed by atoms with van der Waals surface area (Å²) >= 11 is 5.29. The third-order valence-electron chi connectivity index (χ3n) is 3.93. The maximum Gasteiger partial charge on any atom is 0.173 e. The fourth-order valence-corrected chi connectivity index (χ4v) is 2.94. The van der Waals surface area contributed by atoms with Gasteiger partial charge >= 0.3 is 0 Å². The Morgan fingerprint density at radius 2 is 1.62 bits per heavy atom. The normalized spacial score (nSPS) is 14.6. The Balaban J connectivity index is 1.60. The lowest BCUT2D eigenvalue weighted by Gasteiger charge is -2.37. The Morgan fingerprint density at radius 3 is 2.29 bits per heavy atom. The van der Waals surface area contributed by atoms with Crippen molar-refractivity contribution >= 4 is 28.7 Å². The Labute approximate surface area is 143 Å². The van der Waals surface area contributed by atoms with Crippen LogP contribution in [0.2, 0.25) is 0 Å². The highest BCUT2D eigenvalue weighted by atomic mass is 32.1. The molecule has 24 heavy (non-hydrogen) atoms. The zero-order valence-corrected chi connectivity index (χ0v) is 13.6. The zero-order valence-electron chi connectivity index (χ0n) is 12.8. The van der Waals surface area contributed by atoms with Crippen LogP contribution in [0.1, 0.15) is 0 Å². The van der Waals surface area contributed by atoms with Gasteiger partial charge in [0.1, 0.15) is 17.5 Å². The molecule has 0 radical (unpaired) electrons. The first-order valence-electron chi connectivity index (χ1n) is 7.55. The van der Waals surface area contributed by atoms with E-state index in [0.717, 1.165) is 6.07 Å². The number of nitrogens with one attached hydrogen (secondary N) is 1. The highest BCUT2D eigenvalue weighted by Crippen LogP contribution is 2.21. The second-order valence-electron chi connectivity index (χ2n) is 5.48. The van der Waals surface area contributed by atoms with Crippen LogP contribution in [0.25, 0.3) is 0 Å². The molecule has 0 unspecified atom stereocenters. The van der Waals surface area contributed by atoms with Gasteiger partial charge in [-0.15, -0.1) is 0 Å². The first kappa shape index (κ1) is 16.6. The number of anilines is 2. The lowest BCUT2D eigenvalue weighted by atomic mass is 10.2. The molecule has 0 aliphatic carbocycles. The van der Waals surface area contributed by atoms with Crippen molar-refractivity contribution in [3.05, 3.63) is 59.9 Å². The lowest BCUT2D eigenvalue weighted by molar-refractivity contribution is 0.388. The minimum atomic E-state index is -0.692. The minimum absolute atomic E-state index is 0.137. The first-order chi connectivity index (χ1) is 11.5. The molecule has 2 aromatic rings. The zero-order chi connectivity index (χ0) is 17.1. The van der Waals surface area contributed by atoms with Crippen LogP contribution in [-0.4, -0.2) is 36.2 Å². The molecule has 126 valence electrons. The monoisotopic (exact) mass is 351 g/mol. The molecule has 0 spiro atoms. The van der Waals surface area contributed by atoms with E-state index < -0.39 is 11.6 Å². The summed E-state index contributed by atoms with van der Waals surface area (Å²) in [6.45, 7) is 2.38. The second-order valence-corrected chi connectivity index (χ2v) is 5.87. The highest BCUT2D eigenvalue weighted by molar-refractivity contribution is 7.80. The van der Waals surface area contributed by atoms with E-state index in [2.05, 4.69) is 5.32 Å². The molecular formula is C17H16F3N3S.